The van der Waals surface area contributed by atoms with Gasteiger partial charge in [-0.2, -0.15) is 0 Å². The molecular formula is C21H26F2N4O2. The van der Waals surface area contributed by atoms with E-state index in [2.05, 4.69) is 20.9 Å². The molecule has 2 aromatic rings. The minimum atomic E-state index is -0.324. The molecule has 0 spiro atoms. The number of benzene rings is 2. The van der Waals surface area contributed by atoms with Gasteiger partial charge in [-0.15, -0.1) is 0 Å². The number of carbonyl (C=O) groups is 1. The Hall–Kier alpha value is -3.16. The number of aliphatic imine (C=N–C) groups is 1. The molecular weight excluding hydrogens is 378 g/mol. The number of rotatable bonds is 9. The van der Waals surface area contributed by atoms with Crippen molar-refractivity contribution in [1.29, 1.82) is 0 Å². The lowest BCUT2D eigenvalue weighted by atomic mass is 10.1. The van der Waals surface area contributed by atoms with Gasteiger partial charge in [-0.3, -0.25) is 9.79 Å². The van der Waals surface area contributed by atoms with E-state index in [1.54, 1.807) is 31.3 Å². The summed E-state index contributed by atoms with van der Waals surface area (Å²) >= 11 is 0. The standard InChI is InChI=1S/C21H26F2N4O2/c1-15(29-19-9-7-18(23)8-10-19)14-27-21(24-2)26-12-11-25-20(28)13-16-3-5-17(22)6-4-16/h3-10,15H,11-14H2,1-2H3,(H,25,28)(H2,24,26,27). The van der Waals surface area contributed by atoms with Crippen LogP contribution < -0.4 is 20.7 Å². The van der Waals surface area contributed by atoms with Crippen LogP contribution in [0.3, 0.4) is 0 Å². The summed E-state index contributed by atoms with van der Waals surface area (Å²) < 4.78 is 31.5. The van der Waals surface area contributed by atoms with E-state index in [0.717, 1.165) is 5.56 Å². The highest BCUT2D eigenvalue weighted by Gasteiger charge is 2.07. The maximum atomic E-state index is 12.9. The van der Waals surface area contributed by atoms with Crippen molar-refractivity contribution in [1.82, 2.24) is 16.0 Å². The molecule has 0 aromatic heterocycles. The first-order valence-electron chi connectivity index (χ1n) is 9.34. The molecule has 1 unspecified atom stereocenters. The Bertz CT molecular complexity index is 795. The van der Waals surface area contributed by atoms with E-state index in [4.69, 9.17) is 4.74 Å². The molecule has 3 N–H and O–H groups in total. The van der Waals surface area contributed by atoms with Gasteiger partial charge in [0, 0.05) is 20.1 Å². The maximum Gasteiger partial charge on any atom is 0.224 e. The Morgan fingerprint density at radius 1 is 0.966 bits per heavy atom. The summed E-state index contributed by atoms with van der Waals surface area (Å²) in [4.78, 5) is 16.0. The topological polar surface area (TPSA) is 74.8 Å². The van der Waals surface area contributed by atoms with Crippen molar-refractivity contribution >= 4 is 11.9 Å². The van der Waals surface area contributed by atoms with Crippen LogP contribution in [0.1, 0.15) is 12.5 Å². The Morgan fingerprint density at radius 3 is 2.17 bits per heavy atom. The van der Waals surface area contributed by atoms with Gasteiger partial charge in [0.05, 0.1) is 13.0 Å². The molecule has 0 saturated heterocycles. The molecule has 0 saturated carbocycles. The van der Waals surface area contributed by atoms with Crippen molar-refractivity contribution in [3.63, 3.8) is 0 Å². The smallest absolute Gasteiger partial charge is 0.224 e. The fourth-order valence-corrected chi connectivity index (χ4v) is 2.48. The van der Waals surface area contributed by atoms with Gasteiger partial charge in [-0.05, 0) is 48.9 Å². The zero-order valence-corrected chi connectivity index (χ0v) is 16.5. The molecule has 8 heteroatoms. The predicted octanol–water partition coefficient (Wildman–Crippen LogP) is 2.26. The Balaban J connectivity index is 1.62. The summed E-state index contributed by atoms with van der Waals surface area (Å²) in [6.07, 6.45) is 0.0420. The number of nitrogens with zero attached hydrogens (tertiary/aromatic N) is 1. The first kappa shape index (κ1) is 22.1. The molecule has 0 bridgehead atoms. The molecule has 0 aliphatic rings. The first-order chi connectivity index (χ1) is 14.0. The zero-order chi connectivity index (χ0) is 21.1. The van der Waals surface area contributed by atoms with Crippen molar-refractivity contribution in [2.24, 2.45) is 4.99 Å². The van der Waals surface area contributed by atoms with Crippen LogP contribution in [0.25, 0.3) is 0 Å². The monoisotopic (exact) mass is 404 g/mol. The van der Waals surface area contributed by atoms with Crippen molar-refractivity contribution in [3.8, 4) is 5.75 Å². The largest absolute Gasteiger partial charge is 0.489 e. The first-order valence-corrected chi connectivity index (χ1v) is 9.34. The van der Waals surface area contributed by atoms with Gasteiger partial charge in [0.25, 0.3) is 0 Å². The van der Waals surface area contributed by atoms with Crippen LogP contribution in [-0.4, -0.2) is 44.7 Å². The van der Waals surface area contributed by atoms with Crippen LogP contribution in [0.15, 0.2) is 53.5 Å². The van der Waals surface area contributed by atoms with Gasteiger partial charge >= 0.3 is 0 Å². The number of carbonyl (C=O) groups excluding carboxylic acids is 1. The zero-order valence-electron chi connectivity index (χ0n) is 16.5. The Kier molecular flexibility index (Phi) is 8.88. The van der Waals surface area contributed by atoms with E-state index in [9.17, 15) is 13.6 Å². The van der Waals surface area contributed by atoms with Gasteiger partial charge in [-0.1, -0.05) is 12.1 Å². The van der Waals surface area contributed by atoms with Crippen LogP contribution in [0, 0.1) is 11.6 Å². The molecule has 0 radical (unpaired) electrons. The van der Waals surface area contributed by atoms with Crippen molar-refractivity contribution in [3.05, 3.63) is 65.7 Å². The Labute approximate surface area is 169 Å². The molecule has 0 fully saturated rings. The third kappa shape index (κ3) is 8.59. The number of amides is 1. The number of nitrogens with one attached hydrogen (secondary N) is 3. The number of hydrogen-bond donors (Lipinski definition) is 3. The summed E-state index contributed by atoms with van der Waals surface area (Å²) in [5.74, 6) is 0.398. The van der Waals surface area contributed by atoms with E-state index < -0.39 is 0 Å². The minimum Gasteiger partial charge on any atom is -0.489 e. The van der Waals surface area contributed by atoms with Gasteiger partial charge in [0.15, 0.2) is 5.96 Å². The fraction of sp³-hybridized carbons (Fsp3) is 0.333. The number of ether oxygens (including phenoxy) is 1. The quantitative estimate of drug-likeness (QED) is 0.341. The SMILES string of the molecule is CN=C(NCCNC(=O)Cc1ccc(F)cc1)NCC(C)Oc1ccc(F)cc1. The lowest BCUT2D eigenvalue weighted by molar-refractivity contribution is -0.120. The third-order valence-electron chi connectivity index (χ3n) is 3.95. The van der Waals surface area contributed by atoms with Crippen LogP contribution in [0.5, 0.6) is 5.75 Å². The average molecular weight is 404 g/mol. The maximum absolute atomic E-state index is 12.9. The molecule has 0 aliphatic heterocycles. The highest BCUT2D eigenvalue weighted by atomic mass is 19.1. The predicted molar refractivity (Wildman–Crippen MR) is 109 cm³/mol. The average Bonchev–Trinajstić information content (AvgIpc) is 2.71. The van der Waals surface area contributed by atoms with E-state index in [0.29, 0.717) is 31.3 Å². The number of hydrogen-bond acceptors (Lipinski definition) is 3. The summed E-state index contributed by atoms with van der Waals surface area (Å²) in [6.45, 7) is 3.29. The molecule has 2 rings (SSSR count). The minimum absolute atomic E-state index is 0.136. The number of halogens is 2. The molecule has 0 heterocycles. The number of guanidine groups is 1. The molecule has 6 nitrogen and oxygen atoms in total. The van der Waals surface area contributed by atoms with Crippen molar-refractivity contribution in [2.45, 2.75) is 19.4 Å². The third-order valence-corrected chi connectivity index (χ3v) is 3.95. The van der Waals surface area contributed by atoms with E-state index >= 15 is 0 Å². The molecule has 2 aromatic carbocycles. The van der Waals surface area contributed by atoms with Crippen LogP contribution >= 0.6 is 0 Å². The second kappa shape index (κ2) is 11.6. The summed E-state index contributed by atoms with van der Waals surface area (Å²) in [6, 6.07) is 11.7. The van der Waals surface area contributed by atoms with Gasteiger partial charge in [-0.25, -0.2) is 8.78 Å². The van der Waals surface area contributed by atoms with Gasteiger partial charge < -0.3 is 20.7 Å². The highest BCUT2D eigenvalue weighted by Crippen LogP contribution is 2.12. The Morgan fingerprint density at radius 2 is 1.55 bits per heavy atom. The molecule has 29 heavy (non-hydrogen) atoms. The van der Waals surface area contributed by atoms with E-state index in [-0.39, 0.29) is 30.1 Å². The summed E-state index contributed by atoms with van der Waals surface area (Å²) in [7, 11) is 1.65. The van der Waals surface area contributed by atoms with Gasteiger partial charge in [0.2, 0.25) is 5.91 Å². The summed E-state index contributed by atoms with van der Waals surface area (Å²) in [5.41, 5.74) is 0.754. The molecule has 0 aliphatic carbocycles. The van der Waals surface area contributed by atoms with Crippen LogP contribution in [0.4, 0.5) is 8.78 Å². The van der Waals surface area contributed by atoms with Crippen LogP contribution in [0.2, 0.25) is 0 Å². The van der Waals surface area contributed by atoms with E-state index in [1.807, 2.05) is 6.92 Å². The summed E-state index contributed by atoms with van der Waals surface area (Å²) in [5, 5.41) is 9.01. The van der Waals surface area contributed by atoms with Crippen molar-refractivity contribution < 1.29 is 18.3 Å². The fourth-order valence-electron chi connectivity index (χ4n) is 2.48. The second-order valence-corrected chi connectivity index (χ2v) is 6.42. The van der Waals surface area contributed by atoms with Gasteiger partial charge in [0.1, 0.15) is 23.5 Å². The lowest BCUT2D eigenvalue weighted by Crippen LogP contribution is -2.44. The lowest BCUT2D eigenvalue weighted by Gasteiger charge is -2.18. The van der Waals surface area contributed by atoms with E-state index in [1.165, 1.54) is 24.3 Å². The highest BCUT2D eigenvalue weighted by molar-refractivity contribution is 5.80. The van der Waals surface area contributed by atoms with Crippen molar-refractivity contribution in [2.75, 3.05) is 26.7 Å². The normalized spacial score (nSPS) is 12.2. The van der Waals surface area contributed by atoms with Crippen LogP contribution in [-0.2, 0) is 11.2 Å². The molecule has 1 amide bonds. The molecule has 1 atom stereocenters. The molecule has 156 valence electrons. The second-order valence-electron chi connectivity index (χ2n) is 6.42.